The Balaban J connectivity index is 1.60. The molecule has 1 unspecified atom stereocenters. The van der Waals surface area contributed by atoms with Gasteiger partial charge in [0.2, 0.25) is 0 Å². The number of nitriles is 1. The Morgan fingerprint density at radius 2 is 2.29 bits per heavy atom. The minimum atomic E-state index is -0.436. The standard InChI is InChI=1S/C18H19N5O/c1-18(12-19)6-8-23(13-18)17(24)15-4-5-16(22-11-15)21-10-14-3-2-7-20-9-14/h2-5,7,9,11H,6,8,10,13H2,1H3,(H,21,22). The van der Waals surface area contributed by atoms with Gasteiger partial charge in [-0.2, -0.15) is 5.26 Å². The van der Waals surface area contributed by atoms with Gasteiger partial charge < -0.3 is 10.2 Å². The molecule has 1 amide bonds. The normalized spacial score (nSPS) is 19.8. The van der Waals surface area contributed by atoms with Crippen molar-refractivity contribution in [2.24, 2.45) is 5.41 Å². The summed E-state index contributed by atoms with van der Waals surface area (Å²) in [6, 6.07) is 9.72. The summed E-state index contributed by atoms with van der Waals surface area (Å²) in [7, 11) is 0. The molecule has 2 aromatic heterocycles. The van der Waals surface area contributed by atoms with E-state index in [0.29, 0.717) is 37.4 Å². The number of amides is 1. The molecule has 1 aliphatic rings. The van der Waals surface area contributed by atoms with Crippen LogP contribution in [0.5, 0.6) is 0 Å². The summed E-state index contributed by atoms with van der Waals surface area (Å²) in [4.78, 5) is 22.6. The van der Waals surface area contributed by atoms with Crippen LogP contribution in [0.25, 0.3) is 0 Å². The number of aromatic nitrogens is 2. The highest BCUT2D eigenvalue weighted by Crippen LogP contribution is 2.29. The molecule has 1 saturated heterocycles. The molecule has 24 heavy (non-hydrogen) atoms. The van der Waals surface area contributed by atoms with Gasteiger partial charge in [-0.05, 0) is 37.1 Å². The molecule has 3 heterocycles. The molecule has 1 fully saturated rings. The van der Waals surface area contributed by atoms with E-state index in [2.05, 4.69) is 21.4 Å². The molecule has 2 aromatic rings. The lowest BCUT2D eigenvalue weighted by molar-refractivity contribution is 0.0782. The van der Waals surface area contributed by atoms with Crippen LogP contribution in [0.3, 0.4) is 0 Å². The number of nitrogens with zero attached hydrogens (tertiary/aromatic N) is 4. The number of nitrogens with one attached hydrogen (secondary N) is 1. The fraction of sp³-hybridized carbons (Fsp3) is 0.333. The highest BCUT2D eigenvalue weighted by Gasteiger charge is 2.36. The predicted octanol–water partition coefficient (Wildman–Crippen LogP) is 2.46. The van der Waals surface area contributed by atoms with E-state index in [1.54, 1.807) is 35.6 Å². The number of likely N-dealkylation sites (tertiary alicyclic amines) is 1. The molecule has 0 spiro atoms. The van der Waals surface area contributed by atoms with Crippen molar-refractivity contribution in [2.75, 3.05) is 18.4 Å². The molecular formula is C18H19N5O. The molecule has 0 bridgehead atoms. The van der Waals surface area contributed by atoms with E-state index < -0.39 is 5.41 Å². The first-order chi connectivity index (χ1) is 11.6. The average Bonchev–Trinajstić information content (AvgIpc) is 3.04. The van der Waals surface area contributed by atoms with Gasteiger partial charge in [0.1, 0.15) is 5.82 Å². The fourth-order valence-corrected chi connectivity index (χ4v) is 2.73. The van der Waals surface area contributed by atoms with Crippen molar-refractivity contribution in [1.29, 1.82) is 5.26 Å². The molecule has 6 nitrogen and oxygen atoms in total. The smallest absolute Gasteiger partial charge is 0.255 e. The lowest BCUT2D eigenvalue weighted by Crippen LogP contribution is -2.30. The maximum atomic E-state index is 12.5. The molecule has 1 aliphatic heterocycles. The van der Waals surface area contributed by atoms with Crippen molar-refractivity contribution >= 4 is 11.7 Å². The third kappa shape index (κ3) is 3.51. The number of hydrogen-bond acceptors (Lipinski definition) is 5. The van der Waals surface area contributed by atoms with Gasteiger partial charge in [-0.3, -0.25) is 9.78 Å². The molecule has 0 aromatic carbocycles. The summed E-state index contributed by atoms with van der Waals surface area (Å²) in [5.74, 6) is 0.638. The molecular weight excluding hydrogens is 302 g/mol. The van der Waals surface area contributed by atoms with Gasteiger partial charge in [0.25, 0.3) is 5.91 Å². The van der Waals surface area contributed by atoms with Crippen LogP contribution in [-0.4, -0.2) is 33.9 Å². The number of carbonyl (C=O) groups is 1. The quantitative estimate of drug-likeness (QED) is 0.935. The summed E-state index contributed by atoms with van der Waals surface area (Å²) in [6.07, 6.45) is 5.83. The zero-order valence-electron chi connectivity index (χ0n) is 13.6. The Kier molecular flexibility index (Phi) is 4.43. The first-order valence-electron chi connectivity index (χ1n) is 7.89. The number of carbonyl (C=O) groups excluding carboxylic acids is 1. The van der Waals surface area contributed by atoms with Gasteiger partial charge in [-0.25, -0.2) is 4.98 Å². The third-order valence-corrected chi connectivity index (χ3v) is 4.24. The second kappa shape index (κ2) is 6.67. The minimum absolute atomic E-state index is 0.0692. The van der Waals surface area contributed by atoms with Crippen molar-refractivity contribution in [3.63, 3.8) is 0 Å². The second-order valence-corrected chi connectivity index (χ2v) is 6.30. The molecule has 122 valence electrons. The van der Waals surface area contributed by atoms with Gasteiger partial charge in [0.05, 0.1) is 17.0 Å². The summed E-state index contributed by atoms with van der Waals surface area (Å²) < 4.78 is 0. The first kappa shape index (κ1) is 15.9. The van der Waals surface area contributed by atoms with Crippen molar-refractivity contribution in [3.05, 3.63) is 54.0 Å². The van der Waals surface area contributed by atoms with Gasteiger partial charge in [-0.15, -0.1) is 0 Å². The molecule has 0 saturated carbocycles. The number of anilines is 1. The summed E-state index contributed by atoms with van der Waals surface area (Å²) in [5.41, 5.74) is 1.17. The van der Waals surface area contributed by atoms with Crippen molar-refractivity contribution < 1.29 is 4.79 Å². The lowest BCUT2D eigenvalue weighted by atomic mass is 9.92. The van der Waals surface area contributed by atoms with E-state index in [1.165, 1.54) is 0 Å². The zero-order valence-corrected chi connectivity index (χ0v) is 13.6. The summed E-state index contributed by atoms with van der Waals surface area (Å²) >= 11 is 0. The monoisotopic (exact) mass is 321 g/mol. The largest absolute Gasteiger partial charge is 0.366 e. The Labute approximate surface area is 141 Å². The fourth-order valence-electron chi connectivity index (χ4n) is 2.73. The van der Waals surface area contributed by atoms with E-state index in [0.717, 1.165) is 5.56 Å². The number of pyridine rings is 2. The first-order valence-corrected chi connectivity index (χ1v) is 7.89. The van der Waals surface area contributed by atoms with Crippen molar-refractivity contribution in [3.8, 4) is 6.07 Å². The Hall–Kier alpha value is -2.94. The second-order valence-electron chi connectivity index (χ2n) is 6.30. The average molecular weight is 321 g/mol. The molecule has 3 rings (SSSR count). The Morgan fingerprint density at radius 1 is 1.42 bits per heavy atom. The van der Waals surface area contributed by atoms with Gasteiger partial charge in [-0.1, -0.05) is 6.07 Å². The molecule has 6 heteroatoms. The van der Waals surface area contributed by atoms with Crippen LogP contribution in [0.15, 0.2) is 42.9 Å². The summed E-state index contributed by atoms with van der Waals surface area (Å²) in [5, 5.41) is 12.4. The molecule has 1 atom stereocenters. The van der Waals surface area contributed by atoms with Crippen LogP contribution < -0.4 is 5.32 Å². The zero-order chi connectivity index (χ0) is 17.0. The van der Waals surface area contributed by atoms with Crippen molar-refractivity contribution in [2.45, 2.75) is 19.9 Å². The van der Waals surface area contributed by atoms with E-state index in [4.69, 9.17) is 0 Å². The Morgan fingerprint density at radius 3 is 2.92 bits per heavy atom. The van der Waals surface area contributed by atoms with Crippen LogP contribution in [0.4, 0.5) is 5.82 Å². The van der Waals surface area contributed by atoms with Crippen LogP contribution in [-0.2, 0) is 6.54 Å². The van der Waals surface area contributed by atoms with Gasteiger partial charge in [0, 0.05) is 38.2 Å². The van der Waals surface area contributed by atoms with Crippen molar-refractivity contribution in [1.82, 2.24) is 14.9 Å². The lowest BCUT2D eigenvalue weighted by Gasteiger charge is -2.18. The Bertz CT molecular complexity index is 753. The molecule has 1 N–H and O–H groups in total. The van der Waals surface area contributed by atoms with Gasteiger partial charge in [0.15, 0.2) is 0 Å². The summed E-state index contributed by atoms with van der Waals surface area (Å²) in [6.45, 7) is 3.61. The number of rotatable bonds is 4. The maximum absolute atomic E-state index is 12.5. The maximum Gasteiger partial charge on any atom is 0.255 e. The predicted molar refractivity (Wildman–Crippen MR) is 90.0 cm³/mol. The van der Waals surface area contributed by atoms with Crippen LogP contribution in [0, 0.1) is 16.7 Å². The third-order valence-electron chi connectivity index (χ3n) is 4.24. The highest BCUT2D eigenvalue weighted by molar-refractivity contribution is 5.94. The van der Waals surface area contributed by atoms with E-state index in [9.17, 15) is 10.1 Å². The molecule has 0 radical (unpaired) electrons. The van der Waals surface area contributed by atoms with E-state index in [1.807, 2.05) is 19.1 Å². The van der Waals surface area contributed by atoms with Crippen LogP contribution in [0.2, 0.25) is 0 Å². The van der Waals surface area contributed by atoms with Crippen LogP contribution in [0.1, 0.15) is 29.3 Å². The highest BCUT2D eigenvalue weighted by atomic mass is 16.2. The van der Waals surface area contributed by atoms with E-state index in [-0.39, 0.29) is 5.91 Å². The molecule has 0 aliphatic carbocycles. The van der Waals surface area contributed by atoms with E-state index >= 15 is 0 Å². The number of hydrogen-bond donors (Lipinski definition) is 1. The topological polar surface area (TPSA) is 81.9 Å². The SMILES string of the molecule is CC1(C#N)CCN(C(=O)c2ccc(NCc3cccnc3)nc2)C1. The minimum Gasteiger partial charge on any atom is -0.366 e. The van der Waals surface area contributed by atoms with Crippen LogP contribution >= 0.6 is 0 Å². The van der Waals surface area contributed by atoms with Gasteiger partial charge >= 0.3 is 0 Å².